The molecule has 0 spiro atoms. The van der Waals surface area contributed by atoms with Gasteiger partial charge in [-0.05, 0) is 12.1 Å². The van der Waals surface area contributed by atoms with Gasteiger partial charge in [0, 0.05) is 34.4 Å². The van der Waals surface area contributed by atoms with Crippen molar-refractivity contribution in [2.45, 2.75) is 26.3 Å². The lowest BCUT2D eigenvalue weighted by Gasteiger charge is -2.05. The van der Waals surface area contributed by atoms with E-state index in [1.165, 1.54) is 10.6 Å². The molecule has 1 heterocycles. The third-order valence-electron chi connectivity index (χ3n) is 2.58. The van der Waals surface area contributed by atoms with Crippen molar-refractivity contribution in [2.75, 3.05) is 6.54 Å². The van der Waals surface area contributed by atoms with Gasteiger partial charge in [0.05, 0.1) is 10.7 Å². The molecule has 96 valence electrons. The van der Waals surface area contributed by atoms with Crippen molar-refractivity contribution >= 4 is 27.3 Å². The van der Waals surface area contributed by atoms with Crippen molar-refractivity contribution in [3.05, 3.63) is 39.1 Å². The highest BCUT2D eigenvalue weighted by atomic mass is 79.9. The van der Waals surface area contributed by atoms with Gasteiger partial charge in [0.2, 0.25) is 0 Å². The predicted octanol–water partition coefficient (Wildman–Crippen LogP) is 4.11. The maximum Gasteiger partial charge on any atom is 0.0945 e. The number of aromatic nitrogens is 1. The van der Waals surface area contributed by atoms with Crippen LogP contribution in [0.3, 0.4) is 0 Å². The molecule has 0 fully saturated rings. The molecule has 2 rings (SSSR count). The molecule has 18 heavy (non-hydrogen) atoms. The van der Waals surface area contributed by atoms with Crippen LogP contribution < -0.4 is 5.32 Å². The molecule has 0 aliphatic heterocycles. The zero-order chi connectivity index (χ0) is 13.0. The summed E-state index contributed by atoms with van der Waals surface area (Å²) in [6, 6.07) is 8.82. The Hall–Kier alpha value is -0.710. The Labute approximate surface area is 121 Å². The second kappa shape index (κ2) is 6.45. The van der Waals surface area contributed by atoms with Crippen LogP contribution in [0.25, 0.3) is 11.3 Å². The Balaban J connectivity index is 1.99. The third-order valence-corrected chi connectivity index (χ3v) is 4.02. The van der Waals surface area contributed by atoms with Crippen molar-refractivity contribution in [3.63, 3.8) is 0 Å². The van der Waals surface area contributed by atoms with Crippen LogP contribution in [0.5, 0.6) is 0 Å². The van der Waals surface area contributed by atoms with Gasteiger partial charge in [-0.2, -0.15) is 0 Å². The fourth-order valence-electron chi connectivity index (χ4n) is 1.65. The van der Waals surface area contributed by atoms with Crippen LogP contribution in [-0.2, 0) is 6.42 Å². The molecule has 0 saturated heterocycles. The summed E-state index contributed by atoms with van der Waals surface area (Å²) in [7, 11) is 0. The van der Waals surface area contributed by atoms with Crippen LogP contribution in [0.4, 0.5) is 0 Å². The maximum absolute atomic E-state index is 4.67. The Morgan fingerprint density at radius 3 is 2.67 bits per heavy atom. The smallest absolute Gasteiger partial charge is 0.0945 e. The highest BCUT2D eigenvalue weighted by Crippen LogP contribution is 2.23. The van der Waals surface area contributed by atoms with E-state index in [4.69, 9.17) is 0 Å². The van der Waals surface area contributed by atoms with E-state index in [-0.39, 0.29) is 0 Å². The molecule has 4 heteroatoms. The van der Waals surface area contributed by atoms with Crippen LogP contribution in [0.2, 0.25) is 0 Å². The molecule has 0 bridgehead atoms. The highest BCUT2D eigenvalue weighted by Gasteiger charge is 2.04. The van der Waals surface area contributed by atoms with Gasteiger partial charge >= 0.3 is 0 Å². The van der Waals surface area contributed by atoms with Crippen molar-refractivity contribution in [1.82, 2.24) is 10.3 Å². The number of hydrogen-bond donors (Lipinski definition) is 1. The Morgan fingerprint density at radius 2 is 2.00 bits per heavy atom. The number of benzene rings is 1. The molecule has 1 aromatic heterocycles. The average molecular weight is 325 g/mol. The summed E-state index contributed by atoms with van der Waals surface area (Å²) in [5, 5.41) is 6.74. The molecule has 1 aromatic carbocycles. The fraction of sp³-hybridized carbons (Fsp3) is 0.357. The largest absolute Gasteiger partial charge is 0.314 e. The summed E-state index contributed by atoms with van der Waals surface area (Å²) in [6.45, 7) is 5.31. The molecule has 0 aliphatic carbocycles. The summed E-state index contributed by atoms with van der Waals surface area (Å²) >= 11 is 5.18. The average Bonchev–Trinajstić information content (AvgIpc) is 2.78. The lowest BCUT2D eigenvalue weighted by atomic mass is 10.2. The van der Waals surface area contributed by atoms with Crippen LogP contribution in [-0.4, -0.2) is 17.6 Å². The van der Waals surface area contributed by atoms with Gasteiger partial charge in [0.15, 0.2) is 0 Å². The molecule has 0 radical (unpaired) electrons. The Kier molecular flexibility index (Phi) is 4.92. The minimum absolute atomic E-state index is 0.538. The first kappa shape index (κ1) is 13.7. The fourth-order valence-corrected chi connectivity index (χ4v) is 2.72. The van der Waals surface area contributed by atoms with Gasteiger partial charge in [-0.25, -0.2) is 4.98 Å². The quantitative estimate of drug-likeness (QED) is 0.895. The minimum Gasteiger partial charge on any atom is -0.314 e. The molecule has 0 amide bonds. The SMILES string of the molecule is CC(C)NCCc1nc(-c2ccc(Br)cc2)cs1. The van der Waals surface area contributed by atoms with Gasteiger partial charge in [-0.1, -0.05) is 41.9 Å². The van der Waals surface area contributed by atoms with E-state index in [1.807, 2.05) is 0 Å². The van der Waals surface area contributed by atoms with Crippen LogP contribution in [0.15, 0.2) is 34.1 Å². The van der Waals surface area contributed by atoms with Gasteiger partial charge in [-0.3, -0.25) is 0 Å². The van der Waals surface area contributed by atoms with Crippen molar-refractivity contribution in [3.8, 4) is 11.3 Å². The summed E-state index contributed by atoms with van der Waals surface area (Å²) in [4.78, 5) is 4.67. The van der Waals surface area contributed by atoms with E-state index in [2.05, 4.69) is 69.7 Å². The first-order chi connectivity index (χ1) is 8.65. The molecule has 0 saturated carbocycles. The lowest BCUT2D eigenvalue weighted by Crippen LogP contribution is -2.24. The molecule has 0 atom stereocenters. The Morgan fingerprint density at radius 1 is 1.28 bits per heavy atom. The zero-order valence-corrected chi connectivity index (χ0v) is 13.0. The van der Waals surface area contributed by atoms with E-state index >= 15 is 0 Å². The van der Waals surface area contributed by atoms with Crippen LogP contribution in [0, 0.1) is 0 Å². The summed E-state index contributed by atoms with van der Waals surface area (Å²) < 4.78 is 1.10. The second-order valence-electron chi connectivity index (χ2n) is 4.49. The van der Waals surface area contributed by atoms with Gasteiger partial charge in [0.25, 0.3) is 0 Å². The normalized spacial score (nSPS) is 11.1. The molecule has 2 nitrogen and oxygen atoms in total. The molecular formula is C14H17BrN2S. The number of halogens is 1. The molecule has 2 aromatic rings. The van der Waals surface area contributed by atoms with E-state index < -0.39 is 0 Å². The number of thiazole rings is 1. The number of nitrogens with zero attached hydrogens (tertiary/aromatic N) is 1. The highest BCUT2D eigenvalue weighted by molar-refractivity contribution is 9.10. The van der Waals surface area contributed by atoms with Crippen molar-refractivity contribution in [2.24, 2.45) is 0 Å². The summed E-state index contributed by atoms with van der Waals surface area (Å²) in [5.41, 5.74) is 2.25. The molecular weight excluding hydrogens is 308 g/mol. The van der Waals surface area contributed by atoms with Crippen molar-refractivity contribution < 1.29 is 0 Å². The van der Waals surface area contributed by atoms with E-state index in [0.717, 1.165) is 23.1 Å². The molecule has 1 N–H and O–H groups in total. The van der Waals surface area contributed by atoms with E-state index in [1.54, 1.807) is 11.3 Å². The standard InChI is InChI=1S/C14H17BrN2S/c1-10(2)16-8-7-14-17-13(9-18-14)11-3-5-12(15)6-4-11/h3-6,9-10,16H,7-8H2,1-2H3. The number of nitrogens with one attached hydrogen (secondary N) is 1. The van der Waals surface area contributed by atoms with Gasteiger partial charge in [0.1, 0.15) is 0 Å². The molecule has 0 aliphatic rings. The van der Waals surface area contributed by atoms with Crippen LogP contribution in [0.1, 0.15) is 18.9 Å². The topological polar surface area (TPSA) is 24.9 Å². The first-order valence-corrected chi connectivity index (χ1v) is 7.76. The van der Waals surface area contributed by atoms with Gasteiger partial charge in [-0.15, -0.1) is 11.3 Å². The van der Waals surface area contributed by atoms with Crippen LogP contribution >= 0.6 is 27.3 Å². The van der Waals surface area contributed by atoms with Gasteiger partial charge < -0.3 is 5.32 Å². The maximum atomic E-state index is 4.67. The van der Waals surface area contributed by atoms with E-state index in [9.17, 15) is 0 Å². The second-order valence-corrected chi connectivity index (χ2v) is 6.35. The van der Waals surface area contributed by atoms with E-state index in [0.29, 0.717) is 6.04 Å². The summed E-state index contributed by atoms with van der Waals surface area (Å²) in [5.74, 6) is 0. The first-order valence-electron chi connectivity index (χ1n) is 6.09. The lowest BCUT2D eigenvalue weighted by molar-refractivity contribution is 0.590. The number of hydrogen-bond acceptors (Lipinski definition) is 3. The number of rotatable bonds is 5. The monoisotopic (exact) mass is 324 g/mol. The Bertz CT molecular complexity index is 491. The third kappa shape index (κ3) is 3.90. The predicted molar refractivity (Wildman–Crippen MR) is 82.1 cm³/mol. The molecule has 0 unspecified atom stereocenters. The van der Waals surface area contributed by atoms with Crippen molar-refractivity contribution in [1.29, 1.82) is 0 Å². The zero-order valence-electron chi connectivity index (χ0n) is 10.6. The minimum atomic E-state index is 0.538. The summed E-state index contributed by atoms with van der Waals surface area (Å²) in [6.07, 6.45) is 0.999.